The molecule has 0 aromatic carbocycles. The molecule has 1 aromatic heterocycles. The molecule has 1 unspecified atom stereocenters. The first-order chi connectivity index (χ1) is 8.48. The molecule has 1 aliphatic rings. The first-order valence-corrected chi connectivity index (χ1v) is 6.98. The smallest absolute Gasteiger partial charge is 0.0909 e. The predicted octanol–water partition coefficient (Wildman–Crippen LogP) is 2.07. The van der Waals surface area contributed by atoms with E-state index in [1.54, 1.807) is 4.68 Å². The van der Waals surface area contributed by atoms with Crippen LogP contribution >= 0.6 is 11.6 Å². The van der Waals surface area contributed by atoms with Gasteiger partial charge in [-0.15, -0.1) is 0 Å². The topological polar surface area (TPSA) is 58.3 Å². The Kier molecular flexibility index (Phi) is 3.99. The van der Waals surface area contributed by atoms with Gasteiger partial charge in [0.2, 0.25) is 0 Å². The molecule has 1 aliphatic carbocycles. The molecule has 102 valence electrons. The van der Waals surface area contributed by atoms with Crippen LogP contribution in [0.15, 0.2) is 0 Å². The summed E-state index contributed by atoms with van der Waals surface area (Å²) in [5.41, 5.74) is 0.656. The highest BCUT2D eigenvalue weighted by Gasteiger charge is 2.39. The lowest BCUT2D eigenvalue weighted by Crippen LogP contribution is -2.41. The maximum Gasteiger partial charge on any atom is 0.0909 e. The Balaban J connectivity index is 2.18. The summed E-state index contributed by atoms with van der Waals surface area (Å²) in [6.07, 6.45) is 2.90. The quantitative estimate of drug-likeness (QED) is 0.882. The van der Waals surface area contributed by atoms with Gasteiger partial charge in [0.05, 0.1) is 28.1 Å². The zero-order valence-corrected chi connectivity index (χ0v) is 11.7. The highest BCUT2D eigenvalue weighted by Crippen LogP contribution is 2.34. The van der Waals surface area contributed by atoms with Crippen LogP contribution in [0, 0.1) is 6.92 Å². The maximum absolute atomic E-state index is 10.4. The molecular weight excluding hydrogens is 252 g/mol. The minimum Gasteiger partial charge on any atom is -0.390 e. The summed E-state index contributed by atoms with van der Waals surface area (Å²) < 4.78 is 1.80. The van der Waals surface area contributed by atoms with Gasteiger partial charge >= 0.3 is 0 Å². The average molecular weight is 273 g/mol. The molecule has 0 amide bonds. The number of nitrogens with zero attached hydrogens (tertiary/aromatic N) is 2. The van der Waals surface area contributed by atoms with Crippen molar-refractivity contribution in [1.29, 1.82) is 0 Å². The van der Waals surface area contributed by atoms with Crippen molar-refractivity contribution >= 4 is 11.6 Å². The standard InChI is InChI=1S/C13H21ClN2O2/c1-3-16-10(12(14)9(2)15-16)8-11(17)13(18)6-4-5-7-13/h11,17-18H,3-8H2,1-2H3. The van der Waals surface area contributed by atoms with Gasteiger partial charge in [0, 0.05) is 13.0 Å². The van der Waals surface area contributed by atoms with E-state index in [2.05, 4.69) is 5.10 Å². The summed E-state index contributed by atoms with van der Waals surface area (Å²) in [4.78, 5) is 0. The maximum atomic E-state index is 10.4. The Labute approximate surface area is 113 Å². The number of rotatable bonds is 4. The Bertz CT molecular complexity index is 425. The lowest BCUT2D eigenvalue weighted by molar-refractivity contribution is -0.0696. The van der Waals surface area contributed by atoms with E-state index >= 15 is 0 Å². The SMILES string of the molecule is CCn1nc(C)c(Cl)c1CC(O)C1(O)CCCC1. The summed E-state index contributed by atoms with van der Waals surface area (Å²) in [5.74, 6) is 0. The number of aliphatic hydroxyl groups is 2. The molecule has 2 N–H and O–H groups in total. The number of aliphatic hydroxyl groups excluding tert-OH is 1. The number of halogens is 1. The van der Waals surface area contributed by atoms with Crippen molar-refractivity contribution in [2.75, 3.05) is 0 Å². The fraction of sp³-hybridized carbons (Fsp3) is 0.769. The van der Waals surface area contributed by atoms with Crippen molar-refractivity contribution in [3.8, 4) is 0 Å². The zero-order chi connectivity index (χ0) is 13.3. The molecule has 1 heterocycles. The second kappa shape index (κ2) is 5.19. The minimum atomic E-state index is -0.944. The van der Waals surface area contributed by atoms with Crippen molar-refractivity contribution in [3.05, 3.63) is 16.4 Å². The second-order valence-corrected chi connectivity index (χ2v) is 5.57. The average Bonchev–Trinajstić information content (AvgIpc) is 2.89. The van der Waals surface area contributed by atoms with Crippen molar-refractivity contribution < 1.29 is 10.2 Å². The van der Waals surface area contributed by atoms with Crippen LogP contribution in [0.1, 0.15) is 44.0 Å². The molecule has 1 saturated carbocycles. The lowest BCUT2D eigenvalue weighted by Gasteiger charge is -2.28. The summed E-state index contributed by atoms with van der Waals surface area (Å²) in [5, 5.41) is 25.6. The Hall–Kier alpha value is -0.580. The summed E-state index contributed by atoms with van der Waals surface area (Å²) in [6, 6.07) is 0. The second-order valence-electron chi connectivity index (χ2n) is 5.19. The molecule has 0 radical (unpaired) electrons. The normalized spacial score (nSPS) is 20.3. The number of aryl methyl sites for hydroxylation is 2. The molecule has 4 nitrogen and oxygen atoms in total. The highest BCUT2D eigenvalue weighted by molar-refractivity contribution is 6.31. The highest BCUT2D eigenvalue weighted by atomic mass is 35.5. The van der Waals surface area contributed by atoms with Gasteiger partial charge in [0.15, 0.2) is 0 Å². The minimum absolute atomic E-state index is 0.365. The van der Waals surface area contributed by atoms with Gasteiger partial charge in [0.1, 0.15) is 0 Å². The van der Waals surface area contributed by atoms with Gasteiger partial charge in [-0.2, -0.15) is 5.10 Å². The van der Waals surface area contributed by atoms with Crippen molar-refractivity contribution in [1.82, 2.24) is 9.78 Å². The van der Waals surface area contributed by atoms with E-state index in [1.807, 2.05) is 13.8 Å². The fourth-order valence-electron chi connectivity index (χ4n) is 2.76. The molecular formula is C13H21ClN2O2. The molecule has 1 fully saturated rings. The summed E-state index contributed by atoms with van der Waals surface area (Å²) >= 11 is 6.21. The molecule has 0 bridgehead atoms. The van der Waals surface area contributed by atoms with Gasteiger partial charge in [-0.1, -0.05) is 24.4 Å². The Morgan fingerprint density at radius 3 is 2.61 bits per heavy atom. The third-order valence-electron chi connectivity index (χ3n) is 3.93. The molecule has 1 aromatic rings. The van der Waals surface area contributed by atoms with Crippen molar-refractivity contribution in [2.45, 2.75) is 64.2 Å². The van der Waals surface area contributed by atoms with E-state index in [4.69, 9.17) is 11.6 Å². The van der Waals surface area contributed by atoms with Crippen LogP contribution in [0.2, 0.25) is 5.02 Å². The molecule has 2 rings (SSSR count). The monoisotopic (exact) mass is 272 g/mol. The summed E-state index contributed by atoms with van der Waals surface area (Å²) in [7, 11) is 0. The van der Waals surface area contributed by atoms with Crippen molar-refractivity contribution in [3.63, 3.8) is 0 Å². The Morgan fingerprint density at radius 2 is 2.06 bits per heavy atom. The number of hydrogen-bond donors (Lipinski definition) is 2. The van der Waals surface area contributed by atoms with Crippen molar-refractivity contribution in [2.24, 2.45) is 0 Å². The first kappa shape index (κ1) is 13.8. The van der Waals surface area contributed by atoms with Gasteiger partial charge < -0.3 is 10.2 Å². The van der Waals surface area contributed by atoms with Crippen LogP contribution < -0.4 is 0 Å². The molecule has 0 aliphatic heterocycles. The van der Waals surface area contributed by atoms with E-state index in [9.17, 15) is 10.2 Å². The first-order valence-electron chi connectivity index (χ1n) is 6.60. The molecule has 0 spiro atoms. The van der Waals surface area contributed by atoms with E-state index < -0.39 is 11.7 Å². The van der Waals surface area contributed by atoms with Crippen LogP contribution in [0.4, 0.5) is 0 Å². The number of hydrogen-bond acceptors (Lipinski definition) is 3. The van der Waals surface area contributed by atoms with Crippen LogP contribution in [-0.2, 0) is 13.0 Å². The predicted molar refractivity (Wildman–Crippen MR) is 70.8 cm³/mol. The Morgan fingerprint density at radius 1 is 1.44 bits per heavy atom. The van der Waals surface area contributed by atoms with Crippen LogP contribution in [-0.4, -0.2) is 31.7 Å². The van der Waals surface area contributed by atoms with Gasteiger partial charge in [-0.25, -0.2) is 0 Å². The van der Waals surface area contributed by atoms with E-state index in [-0.39, 0.29) is 0 Å². The third kappa shape index (κ3) is 2.42. The molecule has 18 heavy (non-hydrogen) atoms. The third-order valence-corrected chi connectivity index (χ3v) is 4.42. The van der Waals surface area contributed by atoms with Gasteiger partial charge in [0.25, 0.3) is 0 Å². The van der Waals surface area contributed by atoms with Gasteiger partial charge in [-0.05, 0) is 26.7 Å². The largest absolute Gasteiger partial charge is 0.390 e. The van der Waals surface area contributed by atoms with E-state index in [0.717, 1.165) is 24.2 Å². The van der Waals surface area contributed by atoms with E-state index in [0.29, 0.717) is 30.8 Å². The molecule has 5 heteroatoms. The summed E-state index contributed by atoms with van der Waals surface area (Å²) in [6.45, 7) is 4.56. The fourth-order valence-corrected chi connectivity index (χ4v) is 2.97. The van der Waals surface area contributed by atoms with E-state index in [1.165, 1.54) is 0 Å². The number of aromatic nitrogens is 2. The van der Waals surface area contributed by atoms with Crippen LogP contribution in [0.25, 0.3) is 0 Å². The van der Waals surface area contributed by atoms with Crippen LogP contribution in [0.5, 0.6) is 0 Å². The van der Waals surface area contributed by atoms with Crippen LogP contribution in [0.3, 0.4) is 0 Å². The zero-order valence-electron chi connectivity index (χ0n) is 11.0. The van der Waals surface area contributed by atoms with Gasteiger partial charge in [-0.3, -0.25) is 4.68 Å². The molecule has 0 saturated heterocycles. The lowest BCUT2D eigenvalue weighted by atomic mass is 9.91. The molecule has 1 atom stereocenters.